The molecule has 0 amide bonds. The summed E-state index contributed by atoms with van der Waals surface area (Å²) < 4.78 is 35.4. The van der Waals surface area contributed by atoms with Crippen molar-refractivity contribution < 1.29 is 13.5 Å². The van der Waals surface area contributed by atoms with Gasteiger partial charge in [-0.1, -0.05) is 6.07 Å². The zero-order valence-corrected chi connectivity index (χ0v) is 16.4. The lowest BCUT2D eigenvalue weighted by molar-refractivity contribution is 0.00583. The Kier molecular flexibility index (Phi) is 4.24. The molecule has 1 unspecified atom stereocenters. The Morgan fingerprint density at radius 1 is 1.17 bits per heavy atom. The first-order valence-electron chi connectivity index (χ1n) is 9.42. The zero-order valence-electron chi connectivity index (χ0n) is 16.4. The van der Waals surface area contributed by atoms with E-state index in [1.807, 2.05) is 24.3 Å². The van der Waals surface area contributed by atoms with Crippen molar-refractivity contribution in [2.45, 2.75) is 12.0 Å². The number of rotatable bonds is 4. The van der Waals surface area contributed by atoms with Crippen LogP contribution in [0.5, 0.6) is 5.88 Å². The van der Waals surface area contributed by atoms with Crippen molar-refractivity contribution in [1.29, 1.82) is 0 Å². The highest BCUT2D eigenvalue weighted by atomic mass is 19.3. The number of ether oxygens (including phenoxy) is 1. The summed E-state index contributed by atoms with van der Waals surface area (Å²) in [6.07, 6.45) is 5.04. The number of likely N-dealkylation sites (tertiary alicyclic amines) is 1. The molecule has 1 fully saturated rings. The summed E-state index contributed by atoms with van der Waals surface area (Å²) in [5.74, 6) is -2.49. The van der Waals surface area contributed by atoms with Gasteiger partial charge in [0.05, 0.1) is 24.7 Å². The van der Waals surface area contributed by atoms with E-state index in [1.54, 1.807) is 35.1 Å². The van der Waals surface area contributed by atoms with Crippen LogP contribution >= 0.6 is 0 Å². The SMILES string of the molecule is COc1nc(NC2CN(C)CC2(F)F)nn2ccc(-c3ccc4nccnc4c3)c12. The van der Waals surface area contributed by atoms with Gasteiger partial charge in [-0.25, -0.2) is 13.3 Å². The lowest BCUT2D eigenvalue weighted by Gasteiger charge is -2.19. The molecule has 5 rings (SSSR count). The molecule has 8 nitrogen and oxygen atoms in total. The number of halogens is 2. The smallest absolute Gasteiger partial charge is 0.281 e. The molecule has 0 bridgehead atoms. The number of methoxy groups -OCH3 is 1. The maximum Gasteiger partial charge on any atom is 0.281 e. The van der Waals surface area contributed by atoms with Crippen molar-refractivity contribution in [3.63, 3.8) is 0 Å². The molecule has 154 valence electrons. The quantitative estimate of drug-likeness (QED) is 0.553. The van der Waals surface area contributed by atoms with E-state index in [0.717, 1.165) is 22.2 Å². The lowest BCUT2D eigenvalue weighted by atomic mass is 10.1. The minimum atomic E-state index is -2.87. The van der Waals surface area contributed by atoms with Crippen molar-refractivity contribution in [1.82, 2.24) is 29.5 Å². The number of likely N-dealkylation sites (N-methyl/N-ethyl adjacent to an activating group) is 1. The van der Waals surface area contributed by atoms with Gasteiger partial charge in [0.2, 0.25) is 11.8 Å². The molecule has 0 spiro atoms. The molecule has 1 N–H and O–H groups in total. The van der Waals surface area contributed by atoms with E-state index >= 15 is 0 Å². The first kappa shape index (κ1) is 18.6. The summed E-state index contributed by atoms with van der Waals surface area (Å²) in [5, 5.41) is 7.15. The number of nitrogens with zero attached hydrogens (tertiary/aromatic N) is 6. The van der Waals surface area contributed by atoms with Crippen molar-refractivity contribution >= 4 is 22.5 Å². The molecule has 10 heteroatoms. The molecular weight excluding hydrogens is 392 g/mol. The van der Waals surface area contributed by atoms with Gasteiger partial charge in [-0.3, -0.25) is 14.9 Å². The number of benzene rings is 1. The number of anilines is 1. The molecule has 1 aliphatic heterocycles. The number of aromatic nitrogens is 5. The lowest BCUT2D eigenvalue weighted by Crippen LogP contribution is -2.38. The molecule has 0 aliphatic carbocycles. The highest BCUT2D eigenvalue weighted by molar-refractivity contribution is 5.89. The van der Waals surface area contributed by atoms with Gasteiger partial charge in [-0.05, 0) is 30.8 Å². The summed E-state index contributed by atoms with van der Waals surface area (Å²) in [7, 11) is 3.15. The highest BCUT2D eigenvalue weighted by Crippen LogP contribution is 2.33. The fraction of sp³-hybridized carbons (Fsp3) is 0.300. The topological polar surface area (TPSA) is 80.5 Å². The Bertz CT molecular complexity index is 1240. The predicted octanol–water partition coefficient (Wildman–Crippen LogP) is 2.71. The average molecular weight is 411 g/mol. The van der Waals surface area contributed by atoms with Crippen LogP contribution in [0.3, 0.4) is 0 Å². The second kappa shape index (κ2) is 6.84. The van der Waals surface area contributed by atoms with E-state index in [9.17, 15) is 8.78 Å². The van der Waals surface area contributed by atoms with Crippen LogP contribution in [-0.2, 0) is 0 Å². The third-order valence-electron chi connectivity index (χ3n) is 5.24. The Morgan fingerprint density at radius 3 is 2.70 bits per heavy atom. The second-order valence-corrected chi connectivity index (χ2v) is 7.38. The van der Waals surface area contributed by atoms with Crippen molar-refractivity contribution in [3.8, 4) is 17.0 Å². The van der Waals surface area contributed by atoms with E-state index in [0.29, 0.717) is 11.4 Å². The molecule has 4 aromatic rings. The van der Waals surface area contributed by atoms with Crippen LogP contribution in [-0.4, -0.2) is 68.7 Å². The summed E-state index contributed by atoms with van der Waals surface area (Å²) in [5.41, 5.74) is 3.94. The Morgan fingerprint density at radius 2 is 1.97 bits per heavy atom. The second-order valence-electron chi connectivity index (χ2n) is 7.38. The normalized spacial score (nSPS) is 18.9. The fourth-order valence-corrected chi connectivity index (χ4v) is 3.85. The molecule has 1 atom stereocenters. The van der Waals surface area contributed by atoms with Gasteiger partial charge in [0.1, 0.15) is 11.6 Å². The van der Waals surface area contributed by atoms with Crippen LogP contribution in [0, 0.1) is 0 Å². The largest absolute Gasteiger partial charge is 0.479 e. The molecular formula is C20H19F2N7O. The summed E-state index contributed by atoms with van der Waals surface area (Å²) in [6, 6.07) is 6.57. The van der Waals surface area contributed by atoms with Crippen LogP contribution in [0.1, 0.15) is 0 Å². The van der Waals surface area contributed by atoms with Crippen LogP contribution < -0.4 is 10.1 Å². The monoisotopic (exact) mass is 411 g/mol. The summed E-state index contributed by atoms with van der Waals surface area (Å²) in [4.78, 5) is 14.6. The first-order chi connectivity index (χ1) is 14.4. The van der Waals surface area contributed by atoms with Crippen LogP contribution in [0.15, 0.2) is 42.9 Å². The van der Waals surface area contributed by atoms with Gasteiger partial charge in [-0.2, -0.15) is 4.98 Å². The van der Waals surface area contributed by atoms with Crippen LogP contribution in [0.4, 0.5) is 14.7 Å². The molecule has 1 aliphatic rings. The maximum absolute atomic E-state index is 14.2. The van der Waals surface area contributed by atoms with E-state index in [2.05, 4.69) is 25.4 Å². The fourth-order valence-electron chi connectivity index (χ4n) is 3.85. The number of hydrogen-bond donors (Lipinski definition) is 1. The van der Waals surface area contributed by atoms with Gasteiger partial charge >= 0.3 is 0 Å². The van der Waals surface area contributed by atoms with Crippen molar-refractivity contribution in [2.24, 2.45) is 0 Å². The van der Waals surface area contributed by atoms with Crippen molar-refractivity contribution in [3.05, 3.63) is 42.9 Å². The standard InChI is InChI=1S/C20H19F2N7O/c1-28-10-16(20(21,22)11-28)25-19-26-18(30-2)17-13(5-8-29(17)27-19)12-3-4-14-15(9-12)24-7-6-23-14/h3-9,16H,10-11H2,1-2H3,(H,25,27). The maximum atomic E-state index is 14.2. The Labute approximate surface area is 170 Å². The molecule has 0 radical (unpaired) electrons. The summed E-state index contributed by atoms with van der Waals surface area (Å²) in [6.45, 7) is -0.103. The zero-order chi connectivity index (χ0) is 20.9. The third kappa shape index (κ3) is 3.09. The average Bonchev–Trinajstić information content (AvgIpc) is 3.26. The van der Waals surface area contributed by atoms with Gasteiger partial charge in [0.25, 0.3) is 5.92 Å². The molecule has 1 aromatic carbocycles. The van der Waals surface area contributed by atoms with Gasteiger partial charge in [0, 0.05) is 30.7 Å². The van der Waals surface area contributed by atoms with Crippen LogP contribution in [0.2, 0.25) is 0 Å². The molecule has 3 aromatic heterocycles. The van der Waals surface area contributed by atoms with E-state index in [1.165, 1.54) is 7.11 Å². The number of fused-ring (bicyclic) bond motifs is 2. The van der Waals surface area contributed by atoms with E-state index in [4.69, 9.17) is 4.74 Å². The highest BCUT2D eigenvalue weighted by Gasteiger charge is 2.47. The predicted molar refractivity (Wildman–Crippen MR) is 108 cm³/mol. The minimum Gasteiger partial charge on any atom is -0.479 e. The molecule has 0 saturated carbocycles. The minimum absolute atomic E-state index is 0.0888. The molecule has 1 saturated heterocycles. The van der Waals surface area contributed by atoms with E-state index < -0.39 is 12.0 Å². The number of nitrogens with one attached hydrogen (secondary N) is 1. The van der Waals surface area contributed by atoms with E-state index in [-0.39, 0.29) is 19.0 Å². The molecule has 4 heterocycles. The first-order valence-corrected chi connectivity index (χ1v) is 9.42. The van der Waals surface area contributed by atoms with Gasteiger partial charge in [0.15, 0.2) is 0 Å². The molecule has 30 heavy (non-hydrogen) atoms. The summed E-state index contributed by atoms with van der Waals surface area (Å²) >= 11 is 0. The van der Waals surface area contributed by atoms with Gasteiger partial charge < -0.3 is 10.1 Å². The van der Waals surface area contributed by atoms with Crippen LogP contribution in [0.25, 0.3) is 27.7 Å². The van der Waals surface area contributed by atoms with Crippen molar-refractivity contribution in [2.75, 3.05) is 32.6 Å². The third-order valence-corrected chi connectivity index (χ3v) is 5.24. The Balaban J connectivity index is 1.56. The Hall–Kier alpha value is -3.40. The van der Waals surface area contributed by atoms with Gasteiger partial charge in [-0.15, -0.1) is 5.10 Å². The number of alkyl halides is 2. The number of hydrogen-bond acceptors (Lipinski definition) is 7.